The van der Waals surface area contributed by atoms with Gasteiger partial charge < -0.3 is 5.32 Å². The van der Waals surface area contributed by atoms with E-state index < -0.39 is 0 Å². The van der Waals surface area contributed by atoms with E-state index in [0.29, 0.717) is 0 Å². The molecule has 0 aromatic heterocycles. The molecule has 2 heterocycles. The molecule has 1 saturated heterocycles. The SMILES string of the molecule is Fc1cc(C2CCCC=CN2)ccc1CN1CCCC1. The van der Waals surface area contributed by atoms with Gasteiger partial charge in [0.15, 0.2) is 0 Å². The first-order valence-corrected chi connectivity index (χ1v) is 7.75. The van der Waals surface area contributed by atoms with Crippen LogP contribution in [0.4, 0.5) is 4.39 Å². The number of benzene rings is 1. The van der Waals surface area contributed by atoms with Crippen molar-refractivity contribution < 1.29 is 4.39 Å². The van der Waals surface area contributed by atoms with Crippen molar-refractivity contribution in [3.63, 3.8) is 0 Å². The highest BCUT2D eigenvalue weighted by atomic mass is 19.1. The fraction of sp³-hybridized carbons (Fsp3) is 0.529. The number of likely N-dealkylation sites (tertiary alicyclic amines) is 1. The van der Waals surface area contributed by atoms with Crippen LogP contribution in [0.15, 0.2) is 30.5 Å². The molecule has 0 bridgehead atoms. The molecule has 0 spiro atoms. The van der Waals surface area contributed by atoms with E-state index in [1.54, 1.807) is 6.07 Å². The lowest BCUT2D eigenvalue weighted by Crippen LogP contribution is -2.19. The lowest BCUT2D eigenvalue weighted by Gasteiger charge is -2.19. The van der Waals surface area contributed by atoms with Gasteiger partial charge in [-0.25, -0.2) is 4.39 Å². The van der Waals surface area contributed by atoms with Crippen LogP contribution in [-0.4, -0.2) is 18.0 Å². The van der Waals surface area contributed by atoms with Gasteiger partial charge in [-0.15, -0.1) is 0 Å². The maximum absolute atomic E-state index is 14.3. The molecular formula is C17H23FN2. The minimum atomic E-state index is -0.0515. The number of hydrogen-bond acceptors (Lipinski definition) is 2. The van der Waals surface area contributed by atoms with Gasteiger partial charge in [0.25, 0.3) is 0 Å². The molecule has 1 N–H and O–H groups in total. The van der Waals surface area contributed by atoms with Crippen molar-refractivity contribution in [1.29, 1.82) is 0 Å². The van der Waals surface area contributed by atoms with Gasteiger partial charge in [0.05, 0.1) is 6.04 Å². The summed E-state index contributed by atoms with van der Waals surface area (Å²) >= 11 is 0. The number of allylic oxidation sites excluding steroid dienone is 1. The first kappa shape index (κ1) is 13.6. The molecule has 0 radical (unpaired) electrons. The number of halogens is 1. The van der Waals surface area contributed by atoms with E-state index in [-0.39, 0.29) is 11.9 Å². The normalized spacial score (nSPS) is 23.6. The second kappa shape index (κ2) is 6.40. The molecule has 2 nitrogen and oxygen atoms in total. The van der Waals surface area contributed by atoms with Gasteiger partial charge in [-0.1, -0.05) is 18.2 Å². The summed E-state index contributed by atoms with van der Waals surface area (Å²) < 4.78 is 14.3. The van der Waals surface area contributed by atoms with Crippen LogP contribution in [-0.2, 0) is 6.54 Å². The third-order valence-electron chi connectivity index (χ3n) is 4.35. The lowest BCUT2D eigenvalue weighted by molar-refractivity contribution is 0.325. The van der Waals surface area contributed by atoms with E-state index >= 15 is 0 Å². The van der Waals surface area contributed by atoms with Crippen molar-refractivity contribution in [2.24, 2.45) is 0 Å². The Labute approximate surface area is 120 Å². The van der Waals surface area contributed by atoms with Crippen molar-refractivity contribution in [3.05, 3.63) is 47.4 Å². The molecule has 3 rings (SSSR count). The van der Waals surface area contributed by atoms with Gasteiger partial charge >= 0.3 is 0 Å². The zero-order valence-corrected chi connectivity index (χ0v) is 11.9. The first-order chi connectivity index (χ1) is 9.83. The molecule has 0 saturated carbocycles. The minimum absolute atomic E-state index is 0.0515. The van der Waals surface area contributed by atoms with Gasteiger partial charge in [-0.3, -0.25) is 4.90 Å². The highest BCUT2D eigenvalue weighted by Gasteiger charge is 2.16. The van der Waals surface area contributed by atoms with E-state index in [4.69, 9.17) is 0 Å². The van der Waals surface area contributed by atoms with Gasteiger partial charge in [-0.2, -0.15) is 0 Å². The second-order valence-electron chi connectivity index (χ2n) is 5.89. The maximum atomic E-state index is 14.3. The molecule has 0 aliphatic carbocycles. The zero-order valence-electron chi connectivity index (χ0n) is 11.9. The van der Waals surface area contributed by atoms with Gasteiger partial charge in [0.1, 0.15) is 5.82 Å². The average Bonchev–Trinajstić information content (AvgIpc) is 2.81. The molecule has 1 unspecified atom stereocenters. The molecule has 1 fully saturated rings. The molecule has 1 atom stereocenters. The third kappa shape index (κ3) is 3.21. The smallest absolute Gasteiger partial charge is 0.128 e. The monoisotopic (exact) mass is 274 g/mol. The second-order valence-corrected chi connectivity index (χ2v) is 5.89. The summed E-state index contributed by atoms with van der Waals surface area (Å²) in [5.41, 5.74) is 1.90. The number of rotatable bonds is 3. The lowest BCUT2D eigenvalue weighted by atomic mass is 10.00. The van der Waals surface area contributed by atoms with Crippen molar-refractivity contribution in [3.8, 4) is 0 Å². The van der Waals surface area contributed by atoms with Gasteiger partial charge in [0.2, 0.25) is 0 Å². The van der Waals surface area contributed by atoms with E-state index in [2.05, 4.69) is 22.4 Å². The van der Waals surface area contributed by atoms with Crippen molar-refractivity contribution in [2.75, 3.05) is 13.1 Å². The van der Waals surface area contributed by atoms with Crippen LogP contribution in [0.2, 0.25) is 0 Å². The minimum Gasteiger partial charge on any atom is -0.384 e. The molecule has 2 aliphatic heterocycles. The fourth-order valence-electron chi connectivity index (χ4n) is 3.14. The average molecular weight is 274 g/mol. The Morgan fingerprint density at radius 3 is 2.85 bits per heavy atom. The van der Waals surface area contributed by atoms with Crippen LogP contribution in [0.3, 0.4) is 0 Å². The largest absolute Gasteiger partial charge is 0.384 e. The quantitative estimate of drug-likeness (QED) is 0.903. The Kier molecular flexibility index (Phi) is 4.36. The molecule has 20 heavy (non-hydrogen) atoms. The van der Waals surface area contributed by atoms with Crippen molar-refractivity contribution in [1.82, 2.24) is 10.2 Å². The van der Waals surface area contributed by atoms with Gasteiger partial charge in [0, 0.05) is 12.1 Å². The predicted octanol–water partition coefficient (Wildman–Crippen LogP) is 3.75. The summed E-state index contributed by atoms with van der Waals surface area (Å²) in [7, 11) is 0. The highest BCUT2D eigenvalue weighted by molar-refractivity contribution is 5.27. The molecular weight excluding hydrogens is 251 g/mol. The summed E-state index contributed by atoms with van der Waals surface area (Å²) in [6.07, 6.45) is 9.99. The van der Waals surface area contributed by atoms with E-state index in [0.717, 1.165) is 50.0 Å². The van der Waals surface area contributed by atoms with E-state index in [9.17, 15) is 4.39 Å². The number of hydrogen-bond donors (Lipinski definition) is 1. The Hall–Kier alpha value is -1.35. The summed E-state index contributed by atoms with van der Waals surface area (Å²) in [6.45, 7) is 2.97. The molecule has 2 aliphatic rings. The standard InChI is InChI=1S/C17H23FN2/c18-16-12-14(17-6-2-1-3-9-19-17)7-8-15(16)13-20-10-4-5-11-20/h3,7-9,12,17,19H,1-2,4-6,10-11,13H2. The fourth-order valence-corrected chi connectivity index (χ4v) is 3.14. The molecule has 108 valence electrons. The third-order valence-corrected chi connectivity index (χ3v) is 4.35. The summed E-state index contributed by atoms with van der Waals surface area (Å²) in [5, 5.41) is 3.36. The topological polar surface area (TPSA) is 15.3 Å². The summed E-state index contributed by atoms with van der Waals surface area (Å²) in [4.78, 5) is 2.34. The molecule has 1 aromatic carbocycles. The molecule has 1 aromatic rings. The van der Waals surface area contributed by atoms with Gasteiger partial charge in [-0.05, 0) is 63.0 Å². The van der Waals surface area contributed by atoms with Crippen LogP contribution < -0.4 is 5.32 Å². The van der Waals surface area contributed by atoms with E-state index in [1.165, 1.54) is 12.8 Å². The van der Waals surface area contributed by atoms with E-state index in [1.807, 2.05) is 12.3 Å². The summed E-state index contributed by atoms with van der Waals surface area (Å²) in [5.74, 6) is -0.0515. The Balaban J connectivity index is 1.71. The predicted molar refractivity (Wildman–Crippen MR) is 79.8 cm³/mol. The first-order valence-electron chi connectivity index (χ1n) is 7.75. The van der Waals surface area contributed by atoms with Crippen LogP contribution in [0.5, 0.6) is 0 Å². The molecule has 3 heteroatoms. The maximum Gasteiger partial charge on any atom is 0.128 e. The Morgan fingerprint density at radius 1 is 1.20 bits per heavy atom. The van der Waals surface area contributed by atoms with Crippen LogP contribution in [0, 0.1) is 5.82 Å². The van der Waals surface area contributed by atoms with Crippen molar-refractivity contribution in [2.45, 2.75) is 44.7 Å². The summed E-state index contributed by atoms with van der Waals surface area (Å²) in [6, 6.07) is 6.04. The number of nitrogens with one attached hydrogen (secondary N) is 1. The Bertz CT molecular complexity index is 478. The zero-order chi connectivity index (χ0) is 13.8. The van der Waals surface area contributed by atoms with Crippen LogP contribution in [0.1, 0.15) is 49.3 Å². The van der Waals surface area contributed by atoms with Crippen LogP contribution >= 0.6 is 0 Å². The molecule has 0 amide bonds. The van der Waals surface area contributed by atoms with Crippen LogP contribution in [0.25, 0.3) is 0 Å². The Morgan fingerprint density at radius 2 is 2.05 bits per heavy atom. The number of nitrogens with zero attached hydrogens (tertiary/aromatic N) is 1. The highest BCUT2D eigenvalue weighted by Crippen LogP contribution is 2.24. The van der Waals surface area contributed by atoms with Crippen molar-refractivity contribution >= 4 is 0 Å².